The number of pyridine rings is 2. The van der Waals surface area contributed by atoms with E-state index in [0.29, 0.717) is 53.8 Å². The van der Waals surface area contributed by atoms with Gasteiger partial charge in [-0.1, -0.05) is 11.6 Å². The van der Waals surface area contributed by atoms with E-state index in [-0.39, 0.29) is 28.7 Å². The molecule has 0 radical (unpaired) electrons. The number of hydrogen-bond donors (Lipinski definition) is 1. The molecule has 4 heterocycles. The monoisotopic (exact) mass is 613 g/mol. The fraction of sp³-hybridized carbons (Fsp3) is 0.419. The Kier molecular flexibility index (Phi) is 6.68. The molecule has 8 nitrogen and oxygen atoms in total. The molecule has 1 aromatic carbocycles. The number of piperazine rings is 1. The van der Waals surface area contributed by atoms with Crippen molar-refractivity contribution < 1.29 is 27.9 Å². The van der Waals surface area contributed by atoms with Gasteiger partial charge in [-0.3, -0.25) is 4.79 Å². The smallest absolute Gasteiger partial charge is 0.337 e. The second-order valence-electron chi connectivity index (χ2n) is 12.5. The molecule has 226 valence electrons. The number of carboxylic acid groups (broad SMARTS) is 1. The molecule has 1 N–H and O–H groups in total. The number of anilines is 3. The third-order valence-electron chi connectivity index (χ3n) is 8.82. The number of carboxylic acids is 1. The van der Waals surface area contributed by atoms with Crippen molar-refractivity contribution in [1.29, 1.82) is 0 Å². The zero-order chi connectivity index (χ0) is 31.1. The van der Waals surface area contributed by atoms with Crippen molar-refractivity contribution >= 4 is 40.7 Å². The molecular weight excluding hydrogens is 583 g/mol. The third kappa shape index (κ3) is 4.87. The first-order chi connectivity index (χ1) is 20.1. The van der Waals surface area contributed by atoms with Crippen LogP contribution in [0.2, 0.25) is 5.02 Å². The number of hydrogen-bond acceptors (Lipinski definition) is 6. The fourth-order valence-electron chi connectivity index (χ4n) is 6.90. The van der Waals surface area contributed by atoms with Gasteiger partial charge >= 0.3 is 5.97 Å². The molecule has 12 heteroatoms. The zero-order valence-electron chi connectivity index (χ0n) is 24.2. The largest absolute Gasteiger partial charge is 0.478 e. The average molecular weight is 614 g/mol. The van der Waals surface area contributed by atoms with Crippen LogP contribution in [0.3, 0.4) is 0 Å². The minimum absolute atomic E-state index is 0.0341. The van der Waals surface area contributed by atoms with Gasteiger partial charge in [-0.25, -0.2) is 27.9 Å². The van der Waals surface area contributed by atoms with Crippen LogP contribution in [-0.2, 0) is 5.41 Å². The predicted octanol–water partition coefficient (Wildman–Crippen LogP) is 6.14. The third-order valence-corrected chi connectivity index (χ3v) is 9.13. The molecule has 1 amide bonds. The van der Waals surface area contributed by atoms with Crippen LogP contribution in [0.4, 0.5) is 30.4 Å². The molecule has 2 aromatic heterocycles. The Morgan fingerprint density at radius 3 is 2.33 bits per heavy atom. The molecule has 0 unspecified atom stereocenters. The van der Waals surface area contributed by atoms with E-state index in [1.54, 1.807) is 47.9 Å². The number of rotatable bonds is 4. The molecule has 2 fully saturated rings. The average Bonchev–Trinajstić information content (AvgIpc) is 3.21. The van der Waals surface area contributed by atoms with Gasteiger partial charge in [0.1, 0.15) is 17.3 Å². The molecular formula is C31H31ClF3N5O3. The van der Waals surface area contributed by atoms with Crippen LogP contribution in [0.5, 0.6) is 0 Å². The van der Waals surface area contributed by atoms with Gasteiger partial charge < -0.3 is 19.8 Å². The Morgan fingerprint density at radius 2 is 1.72 bits per heavy atom. The van der Waals surface area contributed by atoms with Crippen molar-refractivity contribution in [2.45, 2.75) is 57.4 Å². The summed E-state index contributed by atoms with van der Waals surface area (Å²) in [6, 6.07) is 9.39. The Balaban J connectivity index is 1.28. The van der Waals surface area contributed by atoms with Gasteiger partial charge in [-0.05, 0) is 69.7 Å². The summed E-state index contributed by atoms with van der Waals surface area (Å²) in [6.07, 6.45) is -0.804. The lowest BCUT2D eigenvalue weighted by molar-refractivity contribution is -0.122. The summed E-state index contributed by atoms with van der Waals surface area (Å²) >= 11 is 5.87. The number of alkyl halides is 2. The molecule has 43 heavy (non-hydrogen) atoms. The topological polar surface area (TPSA) is 89.9 Å². The summed E-state index contributed by atoms with van der Waals surface area (Å²) < 4.78 is 42.9. The molecule has 2 aliphatic heterocycles. The van der Waals surface area contributed by atoms with E-state index in [1.165, 1.54) is 12.1 Å². The molecule has 6 rings (SSSR count). The maximum Gasteiger partial charge on any atom is 0.337 e. The zero-order valence-corrected chi connectivity index (χ0v) is 25.0. The predicted molar refractivity (Wildman–Crippen MR) is 157 cm³/mol. The van der Waals surface area contributed by atoms with E-state index in [0.717, 1.165) is 0 Å². The van der Waals surface area contributed by atoms with E-state index in [2.05, 4.69) is 4.98 Å². The molecule has 1 aliphatic carbocycles. The van der Waals surface area contributed by atoms with E-state index in [9.17, 15) is 27.9 Å². The summed E-state index contributed by atoms with van der Waals surface area (Å²) in [5.41, 5.74) is 1.23. The Bertz CT molecular complexity index is 1650. The van der Waals surface area contributed by atoms with Crippen LogP contribution >= 0.6 is 11.6 Å². The summed E-state index contributed by atoms with van der Waals surface area (Å²) in [4.78, 5) is 40.3. The maximum atomic E-state index is 14.3. The normalized spacial score (nSPS) is 19.8. The molecule has 1 saturated heterocycles. The highest BCUT2D eigenvalue weighted by Crippen LogP contribution is 2.59. The SMILES string of the molecule is Cc1cc(N2CCN(C(=O)c3ccc4c(n3)C3(CN4c4ccc(Cl)c(F)c4)CC(F)(F)C3)C(C)(C)C2)nc(C)c1C(=O)O. The van der Waals surface area contributed by atoms with Crippen LogP contribution in [0.15, 0.2) is 36.4 Å². The molecule has 3 aromatic rings. The highest BCUT2D eigenvalue weighted by Gasteiger charge is 2.62. The Hall–Kier alpha value is -3.86. The molecule has 0 atom stereocenters. The summed E-state index contributed by atoms with van der Waals surface area (Å²) in [6.45, 7) is 8.71. The molecule has 3 aliphatic rings. The van der Waals surface area contributed by atoms with Gasteiger partial charge in [0.25, 0.3) is 5.91 Å². The number of benzene rings is 1. The molecule has 1 spiro atoms. The van der Waals surface area contributed by atoms with E-state index in [1.807, 2.05) is 18.7 Å². The van der Waals surface area contributed by atoms with Gasteiger partial charge in [-0.15, -0.1) is 0 Å². The van der Waals surface area contributed by atoms with Gasteiger partial charge in [-0.2, -0.15) is 0 Å². The van der Waals surface area contributed by atoms with E-state index >= 15 is 0 Å². The minimum atomic E-state index is -2.84. The van der Waals surface area contributed by atoms with Gasteiger partial charge in [0, 0.05) is 50.1 Å². The second-order valence-corrected chi connectivity index (χ2v) is 12.9. The van der Waals surface area contributed by atoms with Crippen molar-refractivity contribution in [3.8, 4) is 0 Å². The lowest BCUT2D eigenvalue weighted by atomic mass is 9.65. The van der Waals surface area contributed by atoms with Crippen LogP contribution in [-0.4, -0.2) is 69.5 Å². The number of aromatic carboxylic acids is 1. The lowest BCUT2D eigenvalue weighted by Crippen LogP contribution is -2.61. The van der Waals surface area contributed by atoms with Crippen molar-refractivity contribution in [3.05, 3.63) is 75.4 Å². The number of fused-ring (bicyclic) bond motifs is 2. The molecule has 0 bridgehead atoms. The van der Waals surface area contributed by atoms with Gasteiger partial charge in [0.05, 0.1) is 33.2 Å². The van der Waals surface area contributed by atoms with Crippen LogP contribution in [0, 0.1) is 19.7 Å². The Morgan fingerprint density at radius 1 is 1.00 bits per heavy atom. The number of carbonyl (C=O) groups excluding carboxylic acids is 1. The first-order valence-corrected chi connectivity index (χ1v) is 14.4. The van der Waals surface area contributed by atoms with Crippen LogP contribution in [0.25, 0.3) is 0 Å². The van der Waals surface area contributed by atoms with Crippen LogP contribution in [0.1, 0.15) is 64.5 Å². The Labute approximate surface area is 252 Å². The maximum absolute atomic E-state index is 14.3. The summed E-state index contributed by atoms with van der Waals surface area (Å²) in [5, 5.41) is 9.47. The quantitative estimate of drug-likeness (QED) is 0.378. The number of amides is 1. The summed E-state index contributed by atoms with van der Waals surface area (Å²) in [5.74, 6) is -4.15. The fourth-order valence-corrected chi connectivity index (χ4v) is 7.02. The lowest BCUT2D eigenvalue weighted by Gasteiger charge is -2.47. The standard InChI is InChI=1S/C31H31ClF3N5O3/c1-17-11-24(36-18(2)25(17)28(42)43)38-9-10-40(29(3,4)15-38)27(41)22-7-8-23-26(37-22)30(13-31(34,35)14-30)16-39(23)19-5-6-20(32)21(33)12-19/h5-8,11-12H,9-10,13-16H2,1-4H3,(H,42,43). The highest BCUT2D eigenvalue weighted by atomic mass is 35.5. The van der Waals surface area contributed by atoms with Crippen molar-refractivity contribution in [1.82, 2.24) is 14.9 Å². The first-order valence-electron chi connectivity index (χ1n) is 14.0. The second kappa shape index (κ2) is 9.83. The number of aryl methyl sites for hydroxylation is 2. The highest BCUT2D eigenvalue weighted by molar-refractivity contribution is 6.30. The number of nitrogens with zero attached hydrogens (tertiary/aromatic N) is 5. The molecule has 1 saturated carbocycles. The van der Waals surface area contributed by atoms with E-state index in [4.69, 9.17) is 16.6 Å². The first kappa shape index (κ1) is 29.2. The van der Waals surface area contributed by atoms with Gasteiger partial charge in [0.2, 0.25) is 5.92 Å². The van der Waals surface area contributed by atoms with Crippen LogP contribution < -0.4 is 9.80 Å². The van der Waals surface area contributed by atoms with E-state index < -0.39 is 41.5 Å². The summed E-state index contributed by atoms with van der Waals surface area (Å²) in [7, 11) is 0. The van der Waals surface area contributed by atoms with Crippen molar-refractivity contribution in [2.75, 3.05) is 36.0 Å². The number of halogens is 4. The van der Waals surface area contributed by atoms with Gasteiger partial charge in [0.15, 0.2) is 0 Å². The minimum Gasteiger partial charge on any atom is -0.478 e. The number of carbonyl (C=O) groups is 2. The van der Waals surface area contributed by atoms with Crippen molar-refractivity contribution in [3.63, 3.8) is 0 Å². The van der Waals surface area contributed by atoms with Crippen molar-refractivity contribution in [2.24, 2.45) is 0 Å². The number of aromatic nitrogens is 2.